The van der Waals surface area contributed by atoms with Crippen molar-refractivity contribution in [2.45, 2.75) is 6.92 Å². The lowest BCUT2D eigenvalue weighted by atomic mass is 10.1. The van der Waals surface area contributed by atoms with E-state index >= 15 is 0 Å². The van der Waals surface area contributed by atoms with E-state index < -0.39 is 0 Å². The highest BCUT2D eigenvalue weighted by Gasteiger charge is 2.07. The molecule has 0 heterocycles. The molecule has 1 aromatic carbocycles. The summed E-state index contributed by atoms with van der Waals surface area (Å²) in [6.45, 7) is 1.47. The molecule has 0 fully saturated rings. The molecule has 0 amide bonds. The van der Waals surface area contributed by atoms with Crippen LogP contribution in [0.1, 0.15) is 17.3 Å². The molecule has 0 spiro atoms. The molecular formula is C8H7ClINO. The van der Waals surface area contributed by atoms with Gasteiger partial charge in [-0.25, -0.2) is 0 Å². The van der Waals surface area contributed by atoms with Gasteiger partial charge in [0, 0.05) is 14.8 Å². The average Bonchev–Trinajstić information content (AvgIpc) is 1.96. The number of Topliss-reactive ketones (excluding diaryl/α,β-unsaturated/α-hetero) is 1. The second-order valence-corrected chi connectivity index (χ2v) is 3.98. The largest absolute Gasteiger partial charge is 0.398 e. The molecule has 1 rings (SSSR count). The number of nitrogen functional groups attached to an aromatic ring is 1. The molecule has 0 aliphatic heterocycles. The highest BCUT2D eigenvalue weighted by atomic mass is 127. The number of rotatable bonds is 1. The number of benzene rings is 1. The van der Waals surface area contributed by atoms with Crippen molar-refractivity contribution < 1.29 is 4.79 Å². The van der Waals surface area contributed by atoms with Gasteiger partial charge < -0.3 is 5.73 Å². The SMILES string of the molecule is CC(=O)c1cc(Cl)c(I)cc1N. The third kappa shape index (κ3) is 1.90. The van der Waals surface area contributed by atoms with Gasteiger partial charge in [0.25, 0.3) is 0 Å². The molecule has 0 aliphatic carbocycles. The monoisotopic (exact) mass is 295 g/mol. The van der Waals surface area contributed by atoms with E-state index in [1.807, 2.05) is 0 Å². The van der Waals surface area contributed by atoms with Crippen molar-refractivity contribution >= 4 is 45.7 Å². The van der Waals surface area contributed by atoms with Crippen molar-refractivity contribution in [2.75, 3.05) is 5.73 Å². The van der Waals surface area contributed by atoms with E-state index in [2.05, 4.69) is 22.6 Å². The molecule has 0 atom stereocenters. The number of halogens is 2. The van der Waals surface area contributed by atoms with Gasteiger partial charge in [0.2, 0.25) is 0 Å². The van der Waals surface area contributed by atoms with Crippen molar-refractivity contribution in [3.63, 3.8) is 0 Å². The van der Waals surface area contributed by atoms with Gasteiger partial charge in [-0.2, -0.15) is 0 Å². The molecule has 2 N–H and O–H groups in total. The predicted molar refractivity (Wildman–Crippen MR) is 58.6 cm³/mol. The number of carbonyl (C=O) groups is 1. The molecule has 0 bridgehead atoms. The smallest absolute Gasteiger partial charge is 0.161 e. The van der Waals surface area contributed by atoms with Gasteiger partial charge in [0.05, 0.1) is 5.02 Å². The molecule has 0 aromatic heterocycles. The molecule has 0 saturated heterocycles. The minimum atomic E-state index is -0.0641. The van der Waals surface area contributed by atoms with Gasteiger partial charge in [-0.1, -0.05) is 11.6 Å². The summed E-state index contributed by atoms with van der Waals surface area (Å²) >= 11 is 7.88. The minimum absolute atomic E-state index is 0.0641. The average molecular weight is 296 g/mol. The maximum Gasteiger partial charge on any atom is 0.161 e. The first-order valence-electron chi connectivity index (χ1n) is 3.28. The van der Waals surface area contributed by atoms with Crippen LogP contribution in [0.3, 0.4) is 0 Å². The Bertz CT molecular complexity index is 338. The van der Waals surface area contributed by atoms with E-state index in [1.165, 1.54) is 6.92 Å². The number of anilines is 1. The van der Waals surface area contributed by atoms with Gasteiger partial charge in [0.1, 0.15) is 0 Å². The summed E-state index contributed by atoms with van der Waals surface area (Å²) in [7, 11) is 0. The highest BCUT2D eigenvalue weighted by Crippen LogP contribution is 2.24. The quantitative estimate of drug-likeness (QED) is 0.492. The summed E-state index contributed by atoms with van der Waals surface area (Å²) < 4.78 is 0.858. The lowest BCUT2D eigenvalue weighted by molar-refractivity contribution is 0.101. The fraction of sp³-hybridized carbons (Fsp3) is 0.125. The van der Waals surface area contributed by atoms with Crippen LogP contribution >= 0.6 is 34.2 Å². The van der Waals surface area contributed by atoms with Crippen LogP contribution in [0.4, 0.5) is 5.69 Å². The number of carbonyl (C=O) groups excluding carboxylic acids is 1. The summed E-state index contributed by atoms with van der Waals surface area (Å²) in [5, 5.41) is 0.565. The Morgan fingerprint density at radius 2 is 2.17 bits per heavy atom. The van der Waals surface area contributed by atoms with Crippen molar-refractivity contribution in [1.29, 1.82) is 0 Å². The Morgan fingerprint density at radius 1 is 1.58 bits per heavy atom. The van der Waals surface area contributed by atoms with E-state index in [-0.39, 0.29) is 5.78 Å². The molecule has 0 aliphatic rings. The second-order valence-electron chi connectivity index (χ2n) is 2.41. The minimum Gasteiger partial charge on any atom is -0.398 e. The fourth-order valence-electron chi connectivity index (χ4n) is 0.867. The van der Waals surface area contributed by atoms with Crippen molar-refractivity contribution in [1.82, 2.24) is 0 Å². The maximum atomic E-state index is 11.0. The Morgan fingerprint density at radius 3 is 2.67 bits per heavy atom. The van der Waals surface area contributed by atoms with E-state index in [0.717, 1.165) is 3.57 Å². The molecule has 1 aromatic rings. The number of nitrogens with two attached hydrogens (primary N) is 1. The number of ketones is 1. The Kier molecular flexibility index (Phi) is 2.95. The zero-order valence-corrected chi connectivity index (χ0v) is 9.31. The molecule has 2 nitrogen and oxygen atoms in total. The van der Waals surface area contributed by atoms with Crippen LogP contribution in [0, 0.1) is 3.57 Å². The number of hydrogen-bond donors (Lipinski definition) is 1. The Labute approximate surface area is 89.2 Å². The van der Waals surface area contributed by atoms with Gasteiger partial charge in [0.15, 0.2) is 5.78 Å². The first kappa shape index (κ1) is 9.80. The van der Waals surface area contributed by atoms with Crippen LogP contribution in [0.2, 0.25) is 5.02 Å². The van der Waals surface area contributed by atoms with Crippen LogP contribution in [0.25, 0.3) is 0 Å². The highest BCUT2D eigenvalue weighted by molar-refractivity contribution is 14.1. The van der Waals surface area contributed by atoms with Crippen molar-refractivity contribution in [3.8, 4) is 0 Å². The molecular weight excluding hydrogens is 288 g/mol. The third-order valence-electron chi connectivity index (χ3n) is 1.47. The summed E-state index contributed by atoms with van der Waals surface area (Å²) in [5.41, 5.74) is 6.58. The fourth-order valence-corrected chi connectivity index (χ4v) is 1.52. The zero-order chi connectivity index (χ0) is 9.30. The van der Waals surface area contributed by atoms with E-state index in [1.54, 1.807) is 12.1 Å². The lowest BCUT2D eigenvalue weighted by Gasteiger charge is -2.03. The maximum absolute atomic E-state index is 11.0. The second kappa shape index (κ2) is 3.62. The van der Waals surface area contributed by atoms with Crippen LogP contribution in [-0.2, 0) is 0 Å². The van der Waals surface area contributed by atoms with Gasteiger partial charge in [-0.3, -0.25) is 4.79 Å². The van der Waals surface area contributed by atoms with Crippen molar-refractivity contribution in [3.05, 3.63) is 26.3 Å². The molecule has 64 valence electrons. The number of hydrogen-bond acceptors (Lipinski definition) is 2. The summed E-state index contributed by atoms with van der Waals surface area (Å²) in [6, 6.07) is 3.29. The zero-order valence-electron chi connectivity index (χ0n) is 6.40. The van der Waals surface area contributed by atoms with E-state index in [0.29, 0.717) is 16.3 Å². The Hall–Kier alpha value is -0.290. The van der Waals surface area contributed by atoms with Crippen LogP contribution in [0.5, 0.6) is 0 Å². The topological polar surface area (TPSA) is 43.1 Å². The summed E-state index contributed by atoms with van der Waals surface area (Å²) in [4.78, 5) is 11.0. The molecule has 0 saturated carbocycles. The van der Waals surface area contributed by atoms with E-state index in [9.17, 15) is 4.79 Å². The molecule has 12 heavy (non-hydrogen) atoms. The Balaban J connectivity index is 3.33. The van der Waals surface area contributed by atoms with E-state index in [4.69, 9.17) is 17.3 Å². The standard InChI is InChI=1S/C8H7ClINO/c1-4(12)5-2-6(9)7(10)3-8(5)11/h2-3H,11H2,1H3. The third-order valence-corrected chi connectivity index (χ3v) is 3.00. The first-order chi connectivity index (χ1) is 5.52. The summed E-state index contributed by atoms with van der Waals surface area (Å²) in [5.74, 6) is -0.0641. The van der Waals surface area contributed by atoms with Crippen molar-refractivity contribution in [2.24, 2.45) is 0 Å². The normalized spacial score (nSPS) is 9.92. The predicted octanol–water partition coefficient (Wildman–Crippen LogP) is 2.73. The molecule has 0 unspecified atom stereocenters. The van der Waals surface area contributed by atoms with Crippen LogP contribution in [-0.4, -0.2) is 5.78 Å². The van der Waals surface area contributed by atoms with Gasteiger partial charge in [-0.15, -0.1) is 0 Å². The lowest BCUT2D eigenvalue weighted by Crippen LogP contribution is -2.00. The molecule has 4 heteroatoms. The first-order valence-corrected chi connectivity index (χ1v) is 4.73. The summed E-state index contributed by atoms with van der Waals surface area (Å²) in [6.07, 6.45) is 0. The van der Waals surface area contributed by atoms with Gasteiger partial charge >= 0.3 is 0 Å². The van der Waals surface area contributed by atoms with Gasteiger partial charge in [-0.05, 0) is 41.6 Å². The molecule has 0 radical (unpaired) electrons. The van der Waals surface area contributed by atoms with Crippen LogP contribution < -0.4 is 5.73 Å². The van der Waals surface area contributed by atoms with Crippen LogP contribution in [0.15, 0.2) is 12.1 Å².